The number of aliphatic hydroxyl groups is 1. The Morgan fingerprint density at radius 3 is 2.44 bits per heavy atom. The molecule has 54 valence electrons. The molecule has 0 saturated heterocycles. The third kappa shape index (κ3) is 2.53. The molecule has 0 saturated carbocycles. The summed E-state index contributed by atoms with van der Waals surface area (Å²) in [5.41, 5.74) is 4.80. The highest BCUT2D eigenvalue weighted by molar-refractivity contribution is 5.86. The molecule has 3 N–H and O–H groups in total. The lowest BCUT2D eigenvalue weighted by Crippen LogP contribution is -2.32. The first-order chi connectivity index (χ1) is 4.09. The Bertz CT molecular complexity index is 105. The van der Waals surface area contributed by atoms with Crippen molar-refractivity contribution in [3.05, 3.63) is 0 Å². The minimum Gasteiger partial charge on any atom is -0.386 e. The van der Waals surface area contributed by atoms with Crippen LogP contribution >= 0.6 is 0 Å². The summed E-state index contributed by atoms with van der Waals surface area (Å²) in [6, 6.07) is 0. The highest BCUT2D eigenvalue weighted by Gasteiger charge is 2.19. The number of Topliss-reactive ketones (excluding diaryl/α,β-unsaturated/α-hetero) is 1. The van der Waals surface area contributed by atoms with Gasteiger partial charge in [0.05, 0.1) is 0 Å². The molecule has 4 heteroatoms. The minimum atomic E-state index is -1.72. The molecule has 9 heavy (non-hydrogen) atoms. The average Bonchev–Trinajstić information content (AvgIpc) is 1.84. The maximum Gasteiger partial charge on any atom is 0.196 e. The van der Waals surface area contributed by atoms with Gasteiger partial charge in [-0.3, -0.25) is 4.79 Å². The number of alkyl halides is 1. The van der Waals surface area contributed by atoms with Crippen LogP contribution in [0.25, 0.3) is 0 Å². The highest BCUT2D eigenvalue weighted by atomic mass is 19.1. The lowest BCUT2D eigenvalue weighted by atomic mass is 10.2. The first-order valence-electron chi connectivity index (χ1n) is 2.65. The molecule has 0 aliphatic heterocycles. The van der Waals surface area contributed by atoms with Gasteiger partial charge in [-0.1, -0.05) is 0 Å². The van der Waals surface area contributed by atoms with E-state index in [4.69, 9.17) is 10.8 Å². The van der Waals surface area contributed by atoms with Crippen molar-refractivity contribution in [1.29, 1.82) is 0 Å². The molecule has 0 aliphatic rings. The third-order valence-electron chi connectivity index (χ3n) is 0.927. The van der Waals surface area contributed by atoms with Gasteiger partial charge in [-0.05, 0) is 6.92 Å². The van der Waals surface area contributed by atoms with Crippen LogP contribution in [0.15, 0.2) is 0 Å². The van der Waals surface area contributed by atoms with Gasteiger partial charge in [0.25, 0.3) is 0 Å². The molecule has 0 rings (SSSR count). The fourth-order valence-electron chi connectivity index (χ4n) is 0.378. The van der Waals surface area contributed by atoms with Gasteiger partial charge in [0.15, 0.2) is 12.0 Å². The van der Waals surface area contributed by atoms with E-state index in [1.807, 2.05) is 0 Å². The molecule has 0 radical (unpaired) electrons. The number of aliphatic hydroxyl groups excluding tert-OH is 1. The van der Waals surface area contributed by atoms with Crippen molar-refractivity contribution in [3.63, 3.8) is 0 Å². The predicted octanol–water partition coefficient (Wildman–Crippen LogP) is -0.767. The molecular formula is C5H10FNO2. The number of carbonyl (C=O) groups is 1. The zero-order valence-corrected chi connectivity index (χ0v) is 5.17. The number of halogens is 1. The second-order valence-corrected chi connectivity index (χ2v) is 1.78. The van der Waals surface area contributed by atoms with Gasteiger partial charge in [-0.25, -0.2) is 4.39 Å². The maximum atomic E-state index is 12.1. The second kappa shape index (κ2) is 3.53. The van der Waals surface area contributed by atoms with Crippen LogP contribution in [0, 0.1) is 0 Å². The van der Waals surface area contributed by atoms with Crippen molar-refractivity contribution in [1.82, 2.24) is 0 Å². The fraction of sp³-hybridized carbons (Fsp3) is 0.800. The molecule has 0 amide bonds. The average molecular weight is 135 g/mol. The van der Waals surface area contributed by atoms with Crippen molar-refractivity contribution >= 4 is 5.78 Å². The van der Waals surface area contributed by atoms with Crippen LogP contribution in [0.4, 0.5) is 4.39 Å². The molecule has 0 fully saturated rings. The first-order valence-corrected chi connectivity index (χ1v) is 2.65. The Kier molecular flexibility index (Phi) is 3.34. The summed E-state index contributed by atoms with van der Waals surface area (Å²) in [5, 5.41) is 8.48. The Labute approximate surface area is 52.7 Å². The van der Waals surface area contributed by atoms with Crippen LogP contribution in [0.3, 0.4) is 0 Å². The van der Waals surface area contributed by atoms with Crippen molar-refractivity contribution < 1.29 is 14.3 Å². The van der Waals surface area contributed by atoms with Gasteiger partial charge in [-0.2, -0.15) is 0 Å². The summed E-state index contributed by atoms with van der Waals surface area (Å²) in [7, 11) is 0. The van der Waals surface area contributed by atoms with Gasteiger partial charge in [-0.15, -0.1) is 0 Å². The number of ketones is 1. The van der Waals surface area contributed by atoms with Gasteiger partial charge in [0, 0.05) is 6.54 Å². The molecule has 0 bridgehead atoms. The molecular weight excluding hydrogens is 125 g/mol. The number of hydrogen-bond donors (Lipinski definition) is 2. The summed E-state index contributed by atoms with van der Waals surface area (Å²) >= 11 is 0. The van der Waals surface area contributed by atoms with E-state index in [1.54, 1.807) is 0 Å². The van der Waals surface area contributed by atoms with E-state index in [2.05, 4.69) is 0 Å². The maximum absolute atomic E-state index is 12.1. The second-order valence-electron chi connectivity index (χ2n) is 1.78. The van der Waals surface area contributed by atoms with Gasteiger partial charge in [0.1, 0.15) is 6.10 Å². The monoisotopic (exact) mass is 135 g/mol. The summed E-state index contributed by atoms with van der Waals surface area (Å²) in [6.07, 6.45) is -2.96. The molecule has 0 aromatic heterocycles. The van der Waals surface area contributed by atoms with Gasteiger partial charge < -0.3 is 10.8 Å². The largest absolute Gasteiger partial charge is 0.386 e. The third-order valence-corrected chi connectivity index (χ3v) is 0.927. The molecule has 2 atom stereocenters. The van der Waals surface area contributed by atoms with E-state index in [0.717, 1.165) is 0 Å². The SMILES string of the molecule is CC(O)C(=O)C(F)CN. The lowest BCUT2D eigenvalue weighted by molar-refractivity contribution is -0.130. The van der Waals surface area contributed by atoms with Crippen molar-refractivity contribution in [2.45, 2.75) is 19.2 Å². The quantitative estimate of drug-likeness (QED) is 0.534. The normalized spacial score (nSPS) is 16.9. The number of nitrogens with two attached hydrogens (primary N) is 1. The molecule has 0 aromatic carbocycles. The Balaban J connectivity index is 3.73. The zero-order valence-electron chi connectivity index (χ0n) is 5.17. The summed E-state index contributed by atoms with van der Waals surface area (Å²) in [5.74, 6) is -0.850. The zero-order chi connectivity index (χ0) is 7.44. The van der Waals surface area contributed by atoms with Crippen LogP contribution in [0.2, 0.25) is 0 Å². The van der Waals surface area contributed by atoms with E-state index in [0.29, 0.717) is 0 Å². The van der Waals surface area contributed by atoms with Crippen LogP contribution in [0.1, 0.15) is 6.92 Å². The Morgan fingerprint density at radius 2 is 2.33 bits per heavy atom. The van der Waals surface area contributed by atoms with Crippen LogP contribution in [0.5, 0.6) is 0 Å². The summed E-state index contributed by atoms with van der Waals surface area (Å²) in [4.78, 5) is 10.4. The van der Waals surface area contributed by atoms with E-state index in [1.165, 1.54) is 6.92 Å². The van der Waals surface area contributed by atoms with Crippen LogP contribution in [-0.2, 0) is 4.79 Å². The van der Waals surface area contributed by atoms with Crippen LogP contribution in [-0.4, -0.2) is 29.7 Å². The standard InChI is InChI=1S/C5H10FNO2/c1-3(8)5(9)4(6)2-7/h3-4,8H,2,7H2,1H3. The van der Waals surface area contributed by atoms with E-state index >= 15 is 0 Å². The van der Waals surface area contributed by atoms with Gasteiger partial charge >= 0.3 is 0 Å². The minimum absolute atomic E-state index is 0.357. The van der Waals surface area contributed by atoms with Gasteiger partial charge in [0.2, 0.25) is 0 Å². The fourth-order valence-corrected chi connectivity index (χ4v) is 0.378. The molecule has 0 heterocycles. The summed E-state index contributed by atoms with van der Waals surface area (Å²) in [6.45, 7) is 0.855. The molecule has 2 unspecified atom stereocenters. The number of hydrogen-bond acceptors (Lipinski definition) is 3. The van der Waals surface area contributed by atoms with Crippen molar-refractivity contribution in [2.24, 2.45) is 5.73 Å². The lowest BCUT2D eigenvalue weighted by Gasteiger charge is -2.04. The molecule has 0 aliphatic carbocycles. The Hall–Kier alpha value is -0.480. The smallest absolute Gasteiger partial charge is 0.196 e. The highest BCUT2D eigenvalue weighted by Crippen LogP contribution is 1.94. The van der Waals surface area contributed by atoms with E-state index < -0.39 is 18.1 Å². The first kappa shape index (κ1) is 8.52. The Morgan fingerprint density at radius 1 is 1.89 bits per heavy atom. The van der Waals surface area contributed by atoms with E-state index in [-0.39, 0.29) is 6.54 Å². The molecule has 0 aromatic rings. The topological polar surface area (TPSA) is 63.3 Å². The molecule has 0 spiro atoms. The van der Waals surface area contributed by atoms with Crippen molar-refractivity contribution in [2.75, 3.05) is 6.54 Å². The number of rotatable bonds is 3. The predicted molar refractivity (Wildman–Crippen MR) is 30.6 cm³/mol. The van der Waals surface area contributed by atoms with E-state index in [9.17, 15) is 9.18 Å². The summed E-state index contributed by atoms with van der Waals surface area (Å²) < 4.78 is 12.1. The number of carbonyl (C=O) groups excluding carboxylic acids is 1. The van der Waals surface area contributed by atoms with Crippen LogP contribution < -0.4 is 5.73 Å². The van der Waals surface area contributed by atoms with Crippen molar-refractivity contribution in [3.8, 4) is 0 Å². The molecule has 3 nitrogen and oxygen atoms in total.